The first-order valence-electron chi connectivity index (χ1n) is 4.94. The van der Waals surface area contributed by atoms with Gasteiger partial charge in [0, 0.05) is 0 Å². The summed E-state index contributed by atoms with van der Waals surface area (Å²) < 4.78 is 0.495. The Labute approximate surface area is 106 Å². The third kappa shape index (κ3) is 2.32. The SMILES string of the molecule is CC(C)c1c(O)nc(-c2ncc(Cl)s2)[nH]c1=O. The fraction of sp³-hybridized carbons (Fsp3) is 0.300. The van der Waals surface area contributed by atoms with E-state index in [1.54, 1.807) is 0 Å². The Hall–Kier alpha value is -1.40. The molecule has 0 aromatic carbocycles. The molecule has 2 aromatic rings. The number of aromatic nitrogens is 3. The van der Waals surface area contributed by atoms with Gasteiger partial charge in [0.2, 0.25) is 5.88 Å². The minimum absolute atomic E-state index is 0.0971. The van der Waals surface area contributed by atoms with Crippen LogP contribution >= 0.6 is 22.9 Å². The molecule has 2 N–H and O–H groups in total. The maximum atomic E-state index is 11.8. The third-order valence-corrected chi connectivity index (χ3v) is 3.31. The van der Waals surface area contributed by atoms with Crippen molar-refractivity contribution in [3.05, 3.63) is 26.5 Å². The molecule has 0 aliphatic carbocycles. The van der Waals surface area contributed by atoms with Crippen molar-refractivity contribution in [3.8, 4) is 16.7 Å². The molecule has 0 bridgehead atoms. The molecule has 0 atom stereocenters. The Bertz CT molecular complexity index is 606. The molecule has 0 saturated carbocycles. The second kappa shape index (κ2) is 4.46. The number of H-pyrrole nitrogens is 1. The standard InChI is InChI=1S/C10H10ClN3O2S/c1-4(2)6-8(15)13-7(14-9(6)16)10-12-3-5(11)17-10/h3-4H,1-2H3,(H2,13,14,15,16). The van der Waals surface area contributed by atoms with Crippen LogP contribution in [0.1, 0.15) is 25.3 Å². The average Bonchev–Trinajstić information content (AvgIpc) is 2.63. The van der Waals surface area contributed by atoms with Gasteiger partial charge in [-0.3, -0.25) is 4.79 Å². The summed E-state index contributed by atoms with van der Waals surface area (Å²) in [4.78, 5) is 22.3. The van der Waals surface area contributed by atoms with Gasteiger partial charge in [0.15, 0.2) is 10.8 Å². The number of aromatic amines is 1. The predicted molar refractivity (Wildman–Crippen MR) is 66.7 cm³/mol. The van der Waals surface area contributed by atoms with Gasteiger partial charge in [0.05, 0.1) is 11.8 Å². The highest BCUT2D eigenvalue weighted by atomic mass is 35.5. The Morgan fingerprint density at radius 3 is 2.71 bits per heavy atom. The van der Waals surface area contributed by atoms with Crippen molar-refractivity contribution in [1.29, 1.82) is 0 Å². The molecule has 0 spiro atoms. The number of halogens is 1. The number of hydrogen-bond acceptors (Lipinski definition) is 5. The van der Waals surface area contributed by atoms with Crippen molar-refractivity contribution >= 4 is 22.9 Å². The maximum Gasteiger partial charge on any atom is 0.258 e. The molecule has 2 heterocycles. The summed E-state index contributed by atoms with van der Waals surface area (Å²) in [5, 5.41) is 10.2. The normalized spacial score (nSPS) is 11.1. The van der Waals surface area contributed by atoms with Gasteiger partial charge in [0.1, 0.15) is 4.34 Å². The molecule has 90 valence electrons. The second-order valence-electron chi connectivity index (χ2n) is 3.78. The topological polar surface area (TPSA) is 78.9 Å². The van der Waals surface area contributed by atoms with Crippen molar-refractivity contribution < 1.29 is 5.11 Å². The average molecular weight is 272 g/mol. The van der Waals surface area contributed by atoms with Crippen LogP contribution in [0.2, 0.25) is 4.34 Å². The van der Waals surface area contributed by atoms with E-state index in [0.29, 0.717) is 9.34 Å². The first-order chi connectivity index (χ1) is 7.99. The van der Waals surface area contributed by atoms with E-state index < -0.39 is 0 Å². The lowest BCUT2D eigenvalue weighted by Crippen LogP contribution is -2.16. The number of thiazole rings is 1. The van der Waals surface area contributed by atoms with Gasteiger partial charge >= 0.3 is 0 Å². The second-order valence-corrected chi connectivity index (χ2v) is 5.44. The highest BCUT2D eigenvalue weighted by Crippen LogP contribution is 2.27. The summed E-state index contributed by atoms with van der Waals surface area (Å²) in [6, 6.07) is 0. The van der Waals surface area contributed by atoms with Crippen molar-refractivity contribution in [3.63, 3.8) is 0 Å². The van der Waals surface area contributed by atoms with Crippen LogP contribution < -0.4 is 5.56 Å². The molecular formula is C10H10ClN3O2S. The first kappa shape index (κ1) is 12.1. The van der Waals surface area contributed by atoms with Gasteiger partial charge in [-0.25, -0.2) is 4.98 Å². The highest BCUT2D eigenvalue weighted by Gasteiger charge is 2.16. The third-order valence-electron chi connectivity index (χ3n) is 2.19. The largest absolute Gasteiger partial charge is 0.493 e. The number of aromatic hydroxyl groups is 1. The molecule has 2 rings (SSSR count). The van der Waals surface area contributed by atoms with E-state index in [2.05, 4.69) is 15.0 Å². The predicted octanol–water partition coefficient (Wildman–Crippen LogP) is 2.38. The Morgan fingerprint density at radius 1 is 1.53 bits per heavy atom. The Morgan fingerprint density at radius 2 is 2.24 bits per heavy atom. The fourth-order valence-electron chi connectivity index (χ4n) is 1.46. The Kier molecular flexibility index (Phi) is 3.17. The van der Waals surface area contributed by atoms with Crippen LogP contribution in [0.15, 0.2) is 11.0 Å². The summed E-state index contributed by atoms with van der Waals surface area (Å²) in [7, 11) is 0. The number of rotatable bonds is 2. The molecule has 0 saturated heterocycles. The molecular weight excluding hydrogens is 262 g/mol. The van der Waals surface area contributed by atoms with Gasteiger partial charge in [-0.1, -0.05) is 36.8 Å². The highest BCUT2D eigenvalue weighted by molar-refractivity contribution is 7.18. The zero-order chi connectivity index (χ0) is 12.6. The van der Waals surface area contributed by atoms with Crippen molar-refractivity contribution in [2.45, 2.75) is 19.8 Å². The summed E-state index contributed by atoms with van der Waals surface area (Å²) >= 11 is 6.93. The lowest BCUT2D eigenvalue weighted by atomic mass is 10.1. The van der Waals surface area contributed by atoms with Crippen LogP contribution in [0, 0.1) is 0 Å². The minimum Gasteiger partial charge on any atom is -0.493 e. The lowest BCUT2D eigenvalue weighted by molar-refractivity contribution is 0.440. The number of nitrogens with zero attached hydrogens (tertiary/aromatic N) is 2. The van der Waals surface area contributed by atoms with Gasteiger partial charge in [-0.05, 0) is 5.92 Å². The maximum absolute atomic E-state index is 11.8. The van der Waals surface area contributed by atoms with Crippen LogP contribution in [-0.4, -0.2) is 20.1 Å². The van der Waals surface area contributed by atoms with Gasteiger partial charge in [-0.2, -0.15) is 4.98 Å². The van der Waals surface area contributed by atoms with Crippen molar-refractivity contribution in [1.82, 2.24) is 15.0 Å². The summed E-state index contributed by atoms with van der Waals surface area (Å²) in [6.45, 7) is 3.62. The molecule has 0 radical (unpaired) electrons. The first-order valence-corrected chi connectivity index (χ1v) is 6.13. The molecule has 7 heteroatoms. The molecule has 0 fully saturated rings. The zero-order valence-corrected chi connectivity index (χ0v) is 10.8. The van der Waals surface area contributed by atoms with Gasteiger partial charge < -0.3 is 10.1 Å². The van der Waals surface area contributed by atoms with E-state index in [0.717, 1.165) is 0 Å². The lowest BCUT2D eigenvalue weighted by Gasteiger charge is -2.06. The van der Waals surface area contributed by atoms with E-state index in [4.69, 9.17) is 11.6 Å². The molecule has 0 aliphatic heterocycles. The summed E-state index contributed by atoms with van der Waals surface area (Å²) in [6.07, 6.45) is 1.47. The zero-order valence-electron chi connectivity index (χ0n) is 9.19. The van der Waals surface area contributed by atoms with E-state index in [1.807, 2.05) is 13.8 Å². The quantitative estimate of drug-likeness (QED) is 0.879. The summed E-state index contributed by atoms with van der Waals surface area (Å²) in [5.41, 5.74) is -0.0785. The van der Waals surface area contributed by atoms with Crippen LogP contribution in [0.4, 0.5) is 0 Å². The van der Waals surface area contributed by atoms with E-state index in [1.165, 1.54) is 17.5 Å². The van der Waals surface area contributed by atoms with Crippen LogP contribution in [0.5, 0.6) is 5.88 Å². The molecule has 5 nitrogen and oxygen atoms in total. The van der Waals surface area contributed by atoms with Crippen molar-refractivity contribution in [2.24, 2.45) is 0 Å². The molecule has 17 heavy (non-hydrogen) atoms. The van der Waals surface area contributed by atoms with E-state index in [9.17, 15) is 9.90 Å². The smallest absolute Gasteiger partial charge is 0.258 e. The van der Waals surface area contributed by atoms with E-state index in [-0.39, 0.29) is 28.7 Å². The van der Waals surface area contributed by atoms with Crippen molar-refractivity contribution in [2.75, 3.05) is 0 Å². The Balaban J connectivity index is 2.57. The van der Waals surface area contributed by atoms with Crippen LogP contribution in [0.3, 0.4) is 0 Å². The van der Waals surface area contributed by atoms with E-state index >= 15 is 0 Å². The molecule has 0 aliphatic rings. The van der Waals surface area contributed by atoms with Gasteiger partial charge in [-0.15, -0.1) is 0 Å². The molecule has 2 aromatic heterocycles. The molecule has 0 unspecified atom stereocenters. The monoisotopic (exact) mass is 271 g/mol. The van der Waals surface area contributed by atoms with Gasteiger partial charge in [0.25, 0.3) is 5.56 Å². The fourth-order valence-corrected chi connectivity index (χ4v) is 2.31. The minimum atomic E-state index is -0.353. The number of nitrogens with one attached hydrogen (secondary N) is 1. The van der Waals surface area contributed by atoms with Crippen LogP contribution in [-0.2, 0) is 0 Å². The summed E-state index contributed by atoms with van der Waals surface area (Å²) in [5.74, 6) is -0.126. The number of hydrogen-bond donors (Lipinski definition) is 2. The van der Waals surface area contributed by atoms with Crippen LogP contribution in [0.25, 0.3) is 10.8 Å². The molecule has 0 amide bonds.